The molecule has 2 aromatic rings. The molecular formula is C22H32N6O. The quantitative estimate of drug-likeness (QED) is 0.598. The van der Waals surface area contributed by atoms with E-state index < -0.39 is 0 Å². The molecule has 0 saturated carbocycles. The Morgan fingerprint density at radius 2 is 1.76 bits per heavy atom. The zero-order chi connectivity index (χ0) is 20.7. The predicted molar refractivity (Wildman–Crippen MR) is 118 cm³/mol. The van der Waals surface area contributed by atoms with Crippen LogP contribution in [0.1, 0.15) is 26.3 Å². The Balaban J connectivity index is 1.65. The Hall–Kier alpha value is -2.83. The second-order valence-electron chi connectivity index (χ2n) is 7.81. The molecular weight excluding hydrogens is 364 g/mol. The van der Waals surface area contributed by atoms with Crippen LogP contribution < -0.4 is 15.0 Å². The highest BCUT2D eigenvalue weighted by molar-refractivity contribution is 5.80. The highest BCUT2D eigenvalue weighted by Gasteiger charge is 2.24. The largest absolute Gasteiger partial charge is 0.497 e. The first kappa shape index (κ1) is 20.9. The molecule has 7 nitrogen and oxygen atoms in total. The van der Waals surface area contributed by atoms with E-state index in [0.29, 0.717) is 6.54 Å². The molecule has 1 saturated heterocycles. The standard InChI is InChI=1S/C22H32N6O/c1-5-23-20(26-17-22(2,3)18-7-9-19(29-4)10-8-18)27-13-15-28(16-14-27)21-24-11-6-12-25-21/h6-12H,5,13-17H2,1-4H3,(H,23,26). The maximum atomic E-state index is 5.27. The van der Waals surface area contributed by atoms with Crippen LogP contribution in [0.2, 0.25) is 0 Å². The second kappa shape index (κ2) is 9.58. The molecule has 156 valence electrons. The van der Waals surface area contributed by atoms with Crippen LogP contribution in [0.5, 0.6) is 5.75 Å². The van der Waals surface area contributed by atoms with Gasteiger partial charge in [-0.15, -0.1) is 0 Å². The number of nitrogens with one attached hydrogen (secondary N) is 1. The van der Waals surface area contributed by atoms with Gasteiger partial charge in [-0.1, -0.05) is 26.0 Å². The van der Waals surface area contributed by atoms with E-state index in [0.717, 1.165) is 50.4 Å². The highest BCUT2D eigenvalue weighted by atomic mass is 16.5. The molecule has 0 bridgehead atoms. The molecule has 3 rings (SSSR count). The SMILES string of the molecule is CCNC(=NCC(C)(C)c1ccc(OC)cc1)N1CCN(c2ncccn2)CC1. The number of rotatable bonds is 6. The van der Waals surface area contributed by atoms with Crippen molar-refractivity contribution in [3.05, 3.63) is 48.3 Å². The number of piperazine rings is 1. The number of guanidine groups is 1. The summed E-state index contributed by atoms with van der Waals surface area (Å²) in [6.07, 6.45) is 3.59. The molecule has 1 N–H and O–H groups in total. The molecule has 0 spiro atoms. The van der Waals surface area contributed by atoms with E-state index >= 15 is 0 Å². The zero-order valence-corrected chi connectivity index (χ0v) is 17.9. The summed E-state index contributed by atoms with van der Waals surface area (Å²) in [6.45, 7) is 11.7. The molecule has 1 aromatic heterocycles. The van der Waals surface area contributed by atoms with Crippen LogP contribution in [0.4, 0.5) is 5.95 Å². The Morgan fingerprint density at radius 3 is 2.34 bits per heavy atom. The van der Waals surface area contributed by atoms with Crippen molar-refractivity contribution in [2.45, 2.75) is 26.2 Å². The summed E-state index contributed by atoms with van der Waals surface area (Å²) >= 11 is 0. The van der Waals surface area contributed by atoms with E-state index in [4.69, 9.17) is 9.73 Å². The fraction of sp³-hybridized carbons (Fsp3) is 0.500. The van der Waals surface area contributed by atoms with Crippen LogP contribution in [-0.2, 0) is 5.41 Å². The molecule has 0 radical (unpaired) electrons. The summed E-state index contributed by atoms with van der Waals surface area (Å²) in [5.41, 5.74) is 1.19. The van der Waals surface area contributed by atoms with E-state index in [1.807, 2.05) is 18.2 Å². The molecule has 29 heavy (non-hydrogen) atoms. The number of aliphatic imine (C=N–C) groups is 1. The van der Waals surface area contributed by atoms with Crippen LogP contribution in [-0.4, -0.2) is 67.2 Å². The molecule has 0 atom stereocenters. The van der Waals surface area contributed by atoms with Gasteiger partial charge in [-0.2, -0.15) is 0 Å². The molecule has 0 amide bonds. The van der Waals surface area contributed by atoms with Crippen molar-refractivity contribution in [2.75, 3.05) is 51.3 Å². The molecule has 1 fully saturated rings. The van der Waals surface area contributed by atoms with Crippen molar-refractivity contribution >= 4 is 11.9 Å². The third-order valence-electron chi connectivity index (χ3n) is 5.24. The van der Waals surface area contributed by atoms with Crippen molar-refractivity contribution in [1.29, 1.82) is 0 Å². The maximum absolute atomic E-state index is 5.27. The molecule has 1 aliphatic heterocycles. The minimum absolute atomic E-state index is 0.0629. The lowest BCUT2D eigenvalue weighted by molar-refractivity contribution is 0.368. The van der Waals surface area contributed by atoms with Gasteiger partial charge in [-0.25, -0.2) is 9.97 Å². The third-order valence-corrected chi connectivity index (χ3v) is 5.24. The molecule has 2 heterocycles. The smallest absolute Gasteiger partial charge is 0.225 e. The van der Waals surface area contributed by atoms with E-state index in [9.17, 15) is 0 Å². The van der Waals surface area contributed by atoms with Gasteiger partial charge in [0.25, 0.3) is 0 Å². The van der Waals surface area contributed by atoms with Crippen molar-refractivity contribution in [3.63, 3.8) is 0 Å². The monoisotopic (exact) mass is 396 g/mol. The van der Waals surface area contributed by atoms with Gasteiger partial charge >= 0.3 is 0 Å². The van der Waals surface area contributed by atoms with Gasteiger partial charge in [-0.05, 0) is 30.7 Å². The van der Waals surface area contributed by atoms with Crippen molar-refractivity contribution in [1.82, 2.24) is 20.2 Å². The molecule has 0 aliphatic carbocycles. The van der Waals surface area contributed by atoms with Gasteiger partial charge in [-0.3, -0.25) is 4.99 Å². The minimum atomic E-state index is -0.0629. The number of hydrogen-bond donors (Lipinski definition) is 1. The van der Waals surface area contributed by atoms with Gasteiger partial charge < -0.3 is 19.9 Å². The van der Waals surface area contributed by atoms with Crippen molar-refractivity contribution < 1.29 is 4.74 Å². The predicted octanol–water partition coefficient (Wildman–Crippen LogP) is 2.55. The minimum Gasteiger partial charge on any atom is -0.497 e. The highest BCUT2D eigenvalue weighted by Crippen LogP contribution is 2.25. The Morgan fingerprint density at radius 1 is 1.10 bits per heavy atom. The lowest BCUT2D eigenvalue weighted by Gasteiger charge is -2.37. The normalized spacial score (nSPS) is 15.4. The Labute approximate surface area is 173 Å². The molecule has 0 unspecified atom stereocenters. The van der Waals surface area contributed by atoms with Crippen LogP contribution in [0.25, 0.3) is 0 Å². The van der Waals surface area contributed by atoms with E-state index in [1.165, 1.54) is 5.56 Å². The number of ether oxygens (including phenoxy) is 1. The van der Waals surface area contributed by atoms with E-state index in [-0.39, 0.29) is 5.41 Å². The third kappa shape index (κ3) is 5.37. The van der Waals surface area contributed by atoms with Crippen LogP contribution in [0.3, 0.4) is 0 Å². The Bertz CT molecular complexity index is 783. The lowest BCUT2D eigenvalue weighted by Crippen LogP contribution is -2.53. The number of anilines is 1. The Kier molecular flexibility index (Phi) is 6.90. The number of methoxy groups -OCH3 is 1. The fourth-order valence-electron chi connectivity index (χ4n) is 3.40. The topological polar surface area (TPSA) is 65.9 Å². The average molecular weight is 397 g/mol. The van der Waals surface area contributed by atoms with Crippen molar-refractivity contribution in [2.24, 2.45) is 4.99 Å². The van der Waals surface area contributed by atoms with E-state index in [1.54, 1.807) is 19.5 Å². The van der Waals surface area contributed by atoms with Gasteiger partial charge in [0.05, 0.1) is 13.7 Å². The van der Waals surface area contributed by atoms with Crippen LogP contribution in [0.15, 0.2) is 47.7 Å². The van der Waals surface area contributed by atoms with Crippen LogP contribution in [0, 0.1) is 0 Å². The lowest BCUT2D eigenvalue weighted by atomic mass is 9.85. The summed E-state index contributed by atoms with van der Waals surface area (Å²) < 4.78 is 5.27. The average Bonchev–Trinajstić information content (AvgIpc) is 2.77. The maximum Gasteiger partial charge on any atom is 0.225 e. The van der Waals surface area contributed by atoms with Gasteiger partial charge in [0.2, 0.25) is 5.95 Å². The van der Waals surface area contributed by atoms with E-state index in [2.05, 4.69) is 58.0 Å². The molecule has 7 heteroatoms. The number of aromatic nitrogens is 2. The number of nitrogens with zero attached hydrogens (tertiary/aromatic N) is 5. The first-order chi connectivity index (χ1) is 14.0. The number of benzene rings is 1. The molecule has 1 aliphatic rings. The van der Waals surface area contributed by atoms with Gasteiger partial charge in [0.1, 0.15) is 5.75 Å². The first-order valence-electron chi connectivity index (χ1n) is 10.2. The first-order valence-corrected chi connectivity index (χ1v) is 10.2. The van der Waals surface area contributed by atoms with Gasteiger partial charge in [0.15, 0.2) is 5.96 Å². The van der Waals surface area contributed by atoms with Gasteiger partial charge in [0, 0.05) is 50.5 Å². The summed E-state index contributed by atoms with van der Waals surface area (Å²) in [5, 5.41) is 3.46. The zero-order valence-electron chi connectivity index (χ0n) is 17.9. The molecule has 1 aromatic carbocycles. The second-order valence-corrected chi connectivity index (χ2v) is 7.81. The fourth-order valence-corrected chi connectivity index (χ4v) is 3.40. The summed E-state index contributed by atoms with van der Waals surface area (Å²) in [5.74, 6) is 2.65. The van der Waals surface area contributed by atoms with Crippen molar-refractivity contribution in [3.8, 4) is 5.75 Å². The van der Waals surface area contributed by atoms with Crippen LogP contribution >= 0.6 is 0 Å². The summed E-state index contributed by atoms with van der Waals surface area (Å²) in [7, 11) is 1.69. The number of hydrogen-bond acceptors (Lipinski definition) is 5. The summed E-state index contributed by atoms with van der Waals surface area (Å²) in [4.78, 5) is 18.3. The summed E-state index contributed by atoms with van der Waals surface area (Å²) in [6, 6.07) is 10.1.